The van der Waals surface area contributed by atoms with E-state index in [0.29, 0.717) is 25.9 Å². The van der Waals surface area contributed by atoms with Crippen LogP contribution in [0.15, 0.2) is 60.7 Å². The highest BCUT2D eigenvalue weighted by Crippen LogP contribution is 2.27. The quantitative estimate of drug-likeness (QED) is 0.400. The van der Waals surface area contributed by atoms with E-state index in [0.717, 1.165) is 32.1 Å². The number of carbonyl (C=O) groups is 2. The molecule has 2 aromatic carbocycles. The summed E-state index contributed by atoms with van der Waals surface area (Å²) in [7, 11) is 0. The number of hydrogen-bond donors (Lipinski definition) is 3. The van der Waals surface area contributed by atoms with Crippen molar-refractivity contribution in [3.63, 3.8) is 0 Å². The van der Waals surface area contributed by atoms with Crippen LogP contribution in [0.2, 0.25) is 0 Å². The predicted molar refractivity (Wildman–Crippen MR) is 127 cm³/mol. The molecular weight excluding hydrogens is 386 g/mol. The molecule has 0 fully saturated rings. The van der Waals surface area contributed by atoms with Crippen LogP contribution in [-0.4, -0.2) is 30.9 Å². The van der Waals surface area contributed by atoms with Crippen LogP contribution in [-0.2, 0) is 9.59 Å². The zero-order valence-corrected chi connectivity index (χ0v) is 18.7. The maximum atomic E-state index is 12.8. The summed E-state index contributed by atoms with van der Waals surface area (Å²) in [6.07, 6.45) is 5.39. The Bertz CT molecular complexity index is 725. The molecule has 1 atom stereocenters. The van der Waals surface area contributed by atoms with Gasteiger partial charge in [0.05, 0.1) is 0 Å². The SMILES string of the molecule is CCC[C@H](NC(=O)CCCCCN)C(=O)NCCC(c1ccccc1)c1ccccc1. The van der Waals surface area contributed by atoms with Gasteiger partial charge in [-0.05, 0) is 43.4 Å². The first kappa shape index (κ1) is 24.6. The lowest BCUT2D eigenvalue weighted by molar-refractivity contribution is -0.129. The number of carbonyl (C=O) groups excluding carboxylic acids is 2. The largest absolute Gasteiger partial charge is 0.354 e. The van der Waals surface area contributed by atoms with Crippen molar-refractivity contribution < 1.29 is 9.59 Å². The second kappa shape index (κ2) is 14.4. The summed E-state index contributed by atoms with van der Waals surface area (Å²) >= 11 is 0. The molecule has 0 spiro atoms. The second-order valence-electron chi connectivity index (χ2n) is 7.96. The molecule has 0 aromatic heterocycles. The molecule has 4 N–H and O–H groups in total. The molecule has 0 heterocycles. The van der Waals surface area contributed by atoms with E-state index in [-0.39, 0.29) is 17.7 Å². The van der Waals surface area contributed by atoms with Gasteiger partial charge in [0.15, 0.2) is 0 Å². The van der Waals surface area contributed by atoms with E-state index in [9.17, 15) is 9.59 Å². The molecule has 0 aliphatic carbocycles. The van der Waals surface area contributed by atoms with Crippen molar-refractivity contribution in [2.45, 2.75) is 63.8 Å². The van der Waals surface area contributed by atoms with E-state index in [1.807, 2.05) is 43.3 Å². The van der Waals surface area contributed by atoms with Gasteiger partial charge < -0.3 is 16.4 Å². The molecule has 31 heavy (non-hydrogen) atoms. The van der Waals surface area contributed by atoms with Crippen molar-refractivity contribution in [2.24, 2.45) is 5.73 Å². The number of nitrogens with two attached hydrogens (primary N) is 1. The minimum atomic E-state index is -0.473. The molecule has 168 valence electrons. The summed E-state index contributed by atoms with van der Waals surface area (Å²) in [6.45, 7) is 3.23. The molecule has 2 amide bonds. The Morgan fingerprint density at radius 1 is 0.871 bits per heavy atom. The van der Waals surface area contributed by atoms with Crippen LogP contribution in [0.5, 0.6) is 0 Å². The first-order valence-electron chi connectivity index (χ1n) is 11.5. The summed E-state index contributed by atoms with van der Waals surface area (Å²) < 4.78 is 0. The topological polar surface area (TPSA) is 84.2 Å². The Balaban J connectivity index is 1.90. The highest BCUT2D eigenvalue weighted by atomic mass is 16.2. The van der Waals surface area contributed by atoms with Gasteiger partial charge in [0, 0.05) is 18.9 Å². The molecule has 2 rings (SSSR count). The zero-order chi connectivity index (χ0) is 22.3. The lowest BCUT2D eigenvalue weighted by Gasteiger charge is -2.21. The fraction of sp³-hybridized carbons (Fsp3) is 0.462. The molecule has 0 aliphatic heterocycles. The van der Waals surface area contributed by atoms with E-state index in [1.165, 1.54) is 11.1 Å². The Kier molecular flexibility index (Phi) is 11.4. The van der Waals surface area contributed by atoms with Gasteiger partial charge in [-0.2, -0.15) is 0 Å². The maximum absolute atomic E-state index is 12.8. The van der Waals surface area contributed by atoms with E-state index in [2.05, 4.69) is 34.9 Å². The predicted octanol–water partition coefficient (Wildman–Crippen LogP) is 4.13. The molecule has 0 saturated heterocycles. The summed E-state index contributed by atoms with van der Waals surface area (Å²) in [4.78, 5) is 25.0. The van der Waals surface area contributed by atoms with Crippen LogP contribution in [0.1, 0.15) is 68.9 Å². The van der Waals surface area contributed by atoms with Crippen LogP contribution in [0.3, 0.4) is 0 Å². The zero-order valence-electron chi connectivity index (χ0n) is 18.7. The molecule has 5 nitrogen and oxygen atoms in total. The van der Waals surface area contributed by atoms with Gasteiger partial charge in [-0.25, -0.2) is 0 Å². The molecule has 0 radical (unpaired) electrons. The second-order valence-corrected chi connectivity index (χ2v) is 7.96. The number of unbranched alkanes of at least 4 members (excludes halogenated alkanes) is 2. The summed E-state index contributed by atoms with van der Waals surface area (Å²) in [5.41, 5.74) is 7.96. The lowest BCUT2D eigenvalue weighted by atomic mass is 9.88. The number of amides is 2. The minimum absolute atomic E-state index is 0.0583. The van der Waals surface area contributed by atoms with Gasteiger partial charge in [0.2, 0.25) is 11.8 Å². The van der Waals surface area contributed by atoms with E-state index < -0.39 is 6.04 Å². The maximum Gasteiger partial charge on any atom is 0.242 e. The third-order valence-corrected chi connectivity index (χ3v) is 5.47. The van der Waals surface area contributed by atoms with Crippen molar-refractivity contribution in [2.75, 3.05) is 13.1 Å². The van der Waals surface area contributed by atoms with E-state index in [4.69, 9.17) is 5.73 Å². The van der Waals surface area contributed by atoms with Gasteiger partial charge in [0.1, 0.15) is 6.04 Å². The first-order chi connectivity index (χ1) is 15.2. The molecule has 0 unspecified atom stereocenters. The molecule has 2 aromatic rings. The molecule has 5 heteroatoms. The van der Waals surface area contributed by atoms with Crippen LogP contribution in [0.25, 0.3) is 0 Å². The summed E-state index contributed by atoms with van der Waals surface area (Å²) in [5.74, 6) is 0.0542. The number of nitrogens with one attached hydrogen (secondary N) is 2. The molecule has 0 saturated carbocycles. The number of rotatable bonds is 14. The van der Waals surface area contributed by atoms with Crippen LogP contribution < -0.4 is 16.4 Å². The third-order valence-electron chi connectivity index (χ3n) is 5.47. The van der Waals surface area contributed by atoms with Crippen LogP contribution in [0.4, 0.5) is 0 Å². The highest BCUT2D eigenvalue weighted by molar-refractivity contribution is 5.87. The Hall–Kier alpha value is -2.66. The van der Waals surface area contributed by atoms with Gasteiger partial charge in [0.25, 0.3) is 0 Å². The fourth-order valence-electron chi connectivity index (χ4n) is 3.79. The molecule has 0 bridgehead atoms. The molecular formula is C26H37N3O2. The van der Waals surface area contributed by atoms with Crippen molar-refractivity contribution in [1.82, 2.24) is 10.6 Å². The normalized spacial score (nSPS) is 11.8. The number of hydrogen-bond acceptors (Lipinski definition) is 3. The summed E-state index contributed by atoms with van der Waals surface area (Å²) in [6, 6.07) is 20.3. The average Bonchev–Trinajstić information content (AvgIpc) is 2.80. The first-order valence-corrected chi connectivity index (χ1v) is 11.5. The Morgan fingerprint density at radius 2 is 1.48 bits per heavy atom. The van der Waals surface area contributed by atoms with E-state index >= 15 is 0 Å². The van der Waals surface area contributed by atoms with Gasteiger partial charge in [-0.3, -0.25) is 9.59 Å². The van der Waals surface area contributed by atoms with Gasteiger partial charge >= 0.3 is 0 Å². The van der Waals surface area contributed by atoms with Crippen LogP contribution in [0, 0.1) is 0 Å². The van der Waals surface area contributed by atoms with Crippen molar-refractivity contribution in [3.05, 3.63) is 71.8 Å². The highest BCUT2D eigenvalue weighted by Gasteiger charge is 2.20. The summed E-state index contributed by atoms with van der Waals surface area (Å²) in [5, 5.41) is 5.96. The van der Waals surface area contributed by atoms with Gasteiger partial charge in [-0.1, -0.05) is 80.4 Å². The minimum Gasteiger partial charge on any atom is -0.354 e. The van der Waals surface area contributed by atoms with E-state index in [1.54, 1.807) is 0 Å². The van der Waals surface area contributed by atoms with Crippen molar-refractivity contribution in [3.8, 4) is 0 Å². The Labute approximate surface area is 186 Å². The monoisotopic (exact) mass is 423 g/mol. The van der Waals surface area contributed by atoms with Crippen molar-refractivity contribution >= 4 is 11.8 Å². The molecule has 0 aliphatic rings. The smallest absolute Gasteiger partial charge is 0.242 e. The average molecular weight is 424 g/mol. The Morgan fingerprint density at radius 3 is 2.03 bits per heavy atom. The van der Waals surface area contributed by atoms with Crippen molar-refractivity contribution in [1.29, 1.82) is 0 Å². The lowest BCUT2D eigenvalue weighted by Crippen LogP contribution is -2.47. The third kappa shape index (κ3) is 8.93. The standard InChI is InChI=1S/C26H37N3O2/c1-2-12-24(29-25(30)17-10-5-11-19-27)26(31)28-20-18-23(21-13-6-3-7-14-21)22-15-8-4-9-16-22/h3-4,6-9,13-16,23-24H,2,5,10-12,17-20,27H2,1H3,(H,28,31)(H,29,30)/t24-/m0/s1. The van der Waals surface area contributed by atoms with Crippen LogP contribution >= 0.6 is 0 Å². The number of benzene rings is 2. The van der Waals surface area contributed by atoms with Gasteiger partial charge in [-0.15, -0.1) is 0 Å². The fourth-order valence-corrected chi connectivity index (χ4v) is 3.79.